The van der Waals surface area contributed by atoms with Crippen LogP contribution in [0.2, 0.25) is 0 Å². The van der Waals surface area contributed by atoms with E-state index >= 15 is 0 Å². The van der Waals surface area contributed by atoms with Crippen molar-refractivity contribution in [3.63, 3.8) is 0 Å². The van der Waals surface area contributed by atoms with Gasteiger partial charge in [0.25, 0.3) is 5.91 Å². The summed E-state index contributed by atoms with van der Waals surface area (Å²) in [5, 5.41) is 9.75. The Kier molecular flexibility index (Phi) is 3.71. The fourth-order valence-electron chi connectivity index (χ4n) is 1.76. The number of rotatable bonds is 4. The van der Waals surface area contributed by atoms with Crippen molar-refractivity contribution in [2.75, 3.05) is 6.54 Å². The smallest absolute Gasteiger partial charge is 0.258 e. The van der Waals surface area contributed by atoms with Crippen molar-refractivity contribution in [1.29, 1.82) is 0 Å². The average Bonchev–Trinajstić information content (AvgIpc) is 3.12. The summed E-state index contributed by atoms with van der Waals surface area (Å²) in [6.07, 6.45) is 3.82. The molecule has 1 aromatic carbocycles. The SMILES string of the molecule is C=CCN(C(=O)c1cc(I)ccc1O)C1CC1. The maximum atomic E-state index is 12.3. The molecule has 0 heterocycles. The van der Waals surface area contributed by atoms with Crippen LogP contribution in [0.15, 0.2) is 30.9 Å². The normalized spacial score (nSPS) is 14.4. The molecule has 3 nitrogen and oxygen atoms in total. The number of halogens is 1. The van der Waals surface area contributed by atoms with Crippen molar-refractivity contribution < 1.29 is 9.90 Å². The molecule has 4 heteroatoms. The number of carbonyl (C=O) groups excluding carboxylic acids is 1. The first kappa shape index (κ1) is 12.4. The van der Waals surface area contributed by atoms with Gasteiger partial charge in [0.1, 0.15) is 5.75 Å². The highest BCUT2D eigenvalue weighted by atomic mass is 127. The van der Waals surface area contributed by atoms with Gasteiger partial charge in [-0.15, -0.1) is 6.58 Å². The molecule has 0 bridgehead atoms. The van der Waals surface area contributed by atoms with E-state index in [9.17, 15) is 9.90 Å². The van der Waals surface area contributed by atoms with Crippen LogP contribution in [0.5, 0.6) is 5.75 Å². The van der Waals surface area contributed by atoms with Crippen molar-refractivity contribution in [1.82, 2.24) is 4.90 Å². The molecule has 90 valence electrons. The summed E-state index contributed by atoms with van der Waals surface area (Å²) < 4.78 is 0.943. The Morgan fingerprint density at radius 1 is 1.59 bits per heavy atom. The first-order valence-corrected chi connectivity index (χ1v) is 6.61. The number of nitrogens with zero attached hydrogens (tertiary/aromatic N) is 1. The number of phenols is 1. The van der Waals surface area contributed by atoms with Gasteiger partial charge in [-0.25, -0.2) is 0 Å². The van der Waals surface area contributed by atoms with Crippen LogP contribution in [0.4, 0.5) is 0 Å². The number of hydrogen-bond acceptors (Lipinski definition) is 2. The van der Waals surface area contributed by atoms with Gasteiger partial charge >= 0.3 is 0 Å². The van der Waals surface area contributed by atoms with Gasteiger partial charge in [-0.05, 0) is 53.6 Å². The second-order valence-corrected chi connectivity index (χ2v) is 5.38. The Hall–Kier alpha value is -1.04. The Morgan fingerprint density at radius 3 is 2.88 bits per heavy atom. The molecule has 1 amide bonds. The average molecular weight is 343 g/mol. The lowest BCUT2D eigenvalue weighted by molar-refractivity contribution is 0.0759. The molecular formula is C13H14INO2. The van der Waals surface area contributed by atoms with Gasteiger partial charge in [-0.1, -0.05) is 6.08 Å². The van der Waals surface area contributed by atoms with Crippen molar-refractivity contribution in [2.45, 2.75) is 18.9 Å². The predicted molar refractivity (Wildman–Crippen MR) is 75.1 cm³/mol. The van der Waals surface area contributed by atoms with Gasteiger partial charge in [0, 0.05) is 16.2 Å². The minimum absolute atomic E-state index is 0.0464. The third-order valence-electron chi connectivity index (χ3n) is 2.76. The fourth-order valence-corrected chi connectivity index (χ4v) is 2.25. The third kappa shape index (κ3) is 2.80. The van der Waals surface area contributed by atoms with Crippen LogP contribution in [0, 0.1) is 3.57 Å². The predicted octanol–water partition coefficient (Wildman–Crippen LogP) is 2.79. The van der Waals surface area contributed by atoms with Gasteiger partial charge < -0.3 is 10.0 Å². The molecule has 0 atom stereocenters. The van der Waals surface area contributed by atoms with Crippen LogP contribution in [-0.4, -0.2) is 28.5 Å². The third-order valence-corrected chi connectivity index (χ3v) is 3.43. The maximum Gasteiger partial charge on any atom is 0.258 e. The summed E-state index contributed by atoms with van der Waals surface area (Å²) in [5.41, 5.74) is 0.380. The molecule has 1 aliphatic carbocycles. The second-order valence-electron chi connectivity index (χ2n) is 4.14. The lowest BCUT2D eigenvalue weighted by atomic mass is 10.1. The van der Waals surface area contributed by atoms with Crippen LogP contribution < -0.4 is 0 Å². The lowest BCUT2D eigenvalue weighted by Crippen LogP contribution is -2.33. The van der Waals surface area contributed by atoms with E-state index in [-0.39, 0.29) is 11.7 Å². The zero-order valence-corrected chi connectivity index (χ0v) is 11.6. The number of carbonyl (C=O) groups is 1. The summed E-state index contributed by atoms with van der Waals surface area (Å²) in [7, 11) is 0. The molecule has 1 aliphatic rings. The van der Waals surface area contributed by atoms with Gasteiger partial charge in [0.2, 0.25) is 0 Å². The van der Waals surface area contributed by atoms with E-state index < -0.39 is 0 Å². The molecule has 0 aliphatic heterocycles. The van der Waals surface area contributed by atoms with E-state index in [1.165, 1.54) is 0 Å². The van der Waals surface area contributed by atoms with Crippen LogP contribution in [-0.2, 0) is 0 Å². The van der Waals surface area contributed by atoms with Crippen molar-refractivity contribution in [3.05, 3.63) is 40.0 Å². The Bertz CT molecular complexity index is 455. The number of phenolic OH excluding ortho intramolecular Hbond substituents is 1. The molecule has 0 spiro atoms. The van der Waals surface area contributed by atoms with Crippen molar-refractivity contribution >= 4 is 28.5 Å². The van der Waals surface area contributed by atoms with Gasteiger partial charge in [0.05, 0.1) is 5.56 Å². The Balaban J connectivity index is 2.27. The maximum absolute atomic E-state index is 12.3. The quantitative estimate of drug-likeness (QED) is 0.675. The van der Waals surface area contributed by atoms with Gasteiger partial charge in [0.15, 0.2) is 0 Å². The van der Waals surface area contributed by atoms with E-state index in [1.54, 1.807) is 29.2 Å². The molecule has 0 saturated heterocycles. The molecule has 2 rings (SSSR count). The van der Waals surface area contributed by atoms with Crippen LogP contribution >= 0.6 is 22.6 Å². The zero-order chi connectivity index (χ0) is 12.4. The molecule has 1 fully saturated rings. The van der Waals surface area contributed by atoms with E-state index in [4.69, 9.17) is 0 Å². The van der Waals surface area contributed by atoms with Crippen molar-refractivity contribution in [2.24, 2.45) is 0 Å². The van der Waals surface area contributed by atoms with Crippen LogP contribution in [0.25, 0.3) is 0 Å². The number of hydrogen-bond donors (Lipinski definition) is 1. The summed E-state index contributed by atoms with van der Waals surface area (Å²) in [6.45, 7) is 4.20. The zero-order valence-electron chi connectivity index (χ0n) is 9.40. The Morgan fingerprint density at radius 2 is 2.29 bits per heavy atom. The summed E-state index contributed by atoms with van der Waals surface area (Å²) in [5.74, 6) is -0.0615. The van der Waals surface area contributed by atoms with E-state index in [0.29, 0.717) is 18.2 Å². The molecule has 17 heavy (non-hydrogen) atoms. The molecule has 0 unspecified atom stereocenters. The van der Waals surface area contributed by atoms with E-state index in [1.807, 2.05) is 0 Å². The summed E-state index contributed by atoms with van der Waals surface area (Å²) in [4.78, 5) is 14.1. The summed E-state index contributed by atoms with van der Waals surface area (Å²) in [6, 6.07) is 5.38. The molecule has 1 N–H and O–H groups in total. The lowest BCUT2D eigenvalue weighted by Gasteiger charge is -2.21. The van der Waals surface area contributed by atoms with Crippen LogP contribution in [0.1, 0.15) is 23.2 Å². The molecule has 1 aromatic rings. The largest absolute Gasteiger partial charge is 0.507 e. The van der Waals surface area contributed by atoms with Gasteiger partial charge in [-0.3, -0.25) is 4.79 Å². The standard InChI is InChI=1S/C13H14INO2/c1-2-7-15(10-4-5-10)13(17)11-8-9(14)3-6-12(11)16/h2-3,6,8,10,16H,1,4-5,7H2. The van der Waals surface area contributed by atoms with Gasteiger partial charge in [-0.2, -0.15) is 0 Å². The second kappa shape index (κ2) is 5.08. The number of aromatic hydroxyl groups is 1. The highest BCUT2D eigenvalue weighted by Gasteiger charge is 2.33. The number of benzene rings is 1. The first-order valence-electron chi connectivity index (χ1n) is 5.54. The molecule has 0 aromatic heterocycles. The fraction of sp³-hybridized carbons (Fsp3) is 0.308. The minimum Gasteiger partial charge on any atom is -0.507 e. The molecule has 1 saturated carbocycles. The number of amides is 1. The van der Waals surface area contributed by atoms with E-state index in [0.717, 1.165) is 16.4 Å². The van der Waals surface area contributed by atoms with Crippen LogP contribution in [0.3, 0.4) is 0 Å². The highest BCUT2D eigenvalue weighted by molar-refractivity contribution is 14.1. The monoisotopic (exact) mass is 343 g/mol. The van der Waals surface area contributed by atoms with E-state index in [2.05, 4.69) is 29.2 Å². The first-order chi connectivity index (χ1) is 8.13. The topological polar surface area (TPSA) is 40.5 Å². The molecule has 0 radical (unpaired) electrons. The molecular weight excluding hydrogens is 329 g/mol. The van der Waals surface area contributed by atoms with Crippen molar-refractivity contribution in [3.8, 4) is 5.75 Å². The summed E-state index contributed by atoms with van der Waals surface area (Å²) >= 11 is 2.13. The minimum atomic E-state index is -0.108. The Labute approximate surface area is 114 Å². The highest BCUT2D eigenvalue weighted by Crippen LogP contribution is 2.30.